The molecule has 0 saturated heterocycles. The summed E-state index contributed by atoms with van der Waals surface area (Å²) in [5, 5.41) is 3.53. The lowest BCUT2D eigenvalue weighted by Gasteiger charge is -2.41. The molecule has 2 aliphatic carbocycles. The average molecular weight is 240 g/mol. The maximum absolute atomic E-state index is 5.49. The number of thioether (sulfide) groups is 2. The second-order valence-electron chi connectivity index (χ2n) is 5.51. The zero-order valence-corrected chi connectivity index (χ0v) is 11.5. The van der Waals surface area contributed by atoms with Crippen LogP contribution in [-0.2, 0) is 0 Å². The van der Waals surface area contributed by atoms with Crippen LogP contribution in [0.25, 0.3) is 0 Å². The molecule has 0 spiro atoms. The summed E-state index contributed by atoms with van der Waals surface area (Å²) < 4.78 is 0. The van der Waals surface area contributed by atoms with Crippen molar-refractivity contribution < 1.29 is 0 Å². The molecule has 2 rings (SSSR count). The third-order valence-corrected chi connectivity index (χ3v) is 6.84. The van der Waals surface area contributed by atoms with Crippen LogP contribution in [0, 0.1) is 28.4 Å². The van der Waals surface area contributed by atoms with Crippen LogP contribution in [0.5, 0.6) is 0 Å². The third-order valence-electron chi connectivity index (χ3n) is 4.97. The van der Waals surface area contributed by atoms with Crippen LogP contribution in [0.1, 0.15) is 33.1 Å². The zero-order valence-electron chi connectivity index (χ0n) is 9.88. The maximum atomic E-state index is 5.49. The van der Waals surface area contributed by atoms with E-state index < -0.39 is 0 Å². The van der Waals surface area contributed by atoms with Crippen LogP contribution in [0.15, 0.2) is 0 Å². The summed E-state index contributed by atoms with van der Waals surface area (Å²) in [6, 6.07) is 0. The van der Waals surface area contributed by atoms with Gasteiger partial charge in [-0.3, -0.25) is 0 Å². The molecule has 0 aromatic carbocycles. The molecule has 84 valence electrons. The molecule has 0 heterocycles. The quantitative estimate of drug-likeness (QED) is 0.687. The van der Waals surface area contributed by atoms with Crippen molar-refractivity contribution in [2.45, 2.75) is 38.4 Å². The van der Waals surface area contributed by atoms with Gasteiger partial charge < -0.3 is 0 Å². The molecule has 0 amide bonds. The molecule has 0 radical (unpaired) electrons. The molecule has 3 atom stereocenters. The first-order valence-corrected chi connectivity index (χ1v) is 7.96. The molecule has 0 aromatic rings. The molecule has 15 heavy (non-hydrogen) atoms. The minimum absolute atomic E-state index is 0.504. The van der Waals surface area contributed by atoms with Gasteiger partial charge in [0.1, 0.15) is 0 Å². The van der Waals surface area contributed by atoms with Gasteiger partial charge in [-0.15, -0.1) is 6.42 Å². The highest BCUT2D eigenvalue weighted by Gasteiger charge is 2.63. The highest BCUT2D eigenvalue weighted by atomic mass is 32.2. The van der Waals surface area contributed by atoms with Crippen LogP contribution in [0.2, 0.25) is 0 Å². The Morgan fingerprint density at radius 3 is 2.73 bits per heavy atom. The zero-order chi connectivity index (χ0) is 11.1. The third kappa shape index (κ3) is 1.46. The van der Waals surface area contributed by atoms with Crippen molar-refractivity contribution in [2.75, 3.05) is 12.0 Å². The largest absolute Gasteiger partial charge is 0.165 e. The Morgan fingerprint density at radius 2 is 2.20 bits per heavy atom. The van der Waals surface area contributed by atoms with E-state index in [0.717, 1.165) is 5.92 Å². The van der Waals surface area contributed by atoms with Gasteiger partial charge in [0.15, 0.2) is 0 Å². The first-order chi connectivity index (χ1) is 7.08. The molecule has 0 N–H and O–H groups in total. The van der Waals surface area contributed by atoms with Crippen LogP contribution in [-0.4, -0.2) is 17.3 Å². The molecule has 2 aliphatic rings. The van der Waals surface area contributed by atoms with Crippen molar-refractivity contribution in [3.63, 3.8) is 0 Å². The van der Waals surface area contributed by atoms with Crippen LogP contribution in [0.4, 0.5) is 0 Å². The number of terminal acetylenes is 1. The van der Waals surface area contributed by atoms with E-state index in [2.05, 4.69) is 25.4 Å². The minimum atomic E-state index is 0.504. The Bertz CT molecular complexity index is 289. The summed E-state index contributed by atoms with van der Waals surface area (Å²) in [6.45, 7) is 4.94. The summed E-state index contributed by atoms with van der Waals surface area (Å²) in [7, 11) is 0. The van der Waals surface area contributed by atoms with Gasteiger partial charge in [-0.2, -0.15) is 11.8 Å². The highest BCUT2D eigenvalue weighted by molar-refractivity contribution is 8.04. The van der Waals surface area contributed by atoms with Gasteiger partial charge in [-0.1, -0.05) is 25.6 Å². The van der Waals surface area contributed by atoms with Crippen molar-refractivity contribution in [3.8, 4) is 11.7 Å². The Kier molecular flexibility index (Phi) is 3.07. The number of hydrogen-bond donors (Lipinski definition) is 0. The molecule has 0 aliphatic heterocycles. The first kappa shape index (κ1) is 11.7. The minimum Gasteiger partial charge on any atom is -0.165 e. The second-order valence-corrected chi connectivity index (χ2v) is 7.41. The molecule has 2 bridgehead atoms. The van der Waals surface area contributed by atoms with E-state index in [1.165, 1.54) is 25.0 Å². The first-order valence-electron chi connectivity index (χ1n) is 5.68. The molecule has 0 unspecified atom stereocenters. The van der Waals surface area contributed by atoms with E-state index in [1.54, 1.807) is 11.8 Å². The normalized spacial score (nSPS) is 41.7. The smallest absolute Gasteiger partial charge is 0.0243 e. The summed E-state index contributed by atoms with van der Waals surface area (Å²) in [6.07, 6.45) is 11.9. The van der Waals surface area contributed by atoms with Gasteiger partial charge in [0.25, 0.3) is 0 Å². The van der Waals surface area contributed by atoms with Crippen LogP contribution >= 0.6 is 23.5 Å². The van der Waals surface area contributed by atoms with Crippen LogP contribution < -0.4 is 0 Å². The summed E-state index contributed by atoms with van der Waals surface area (Å²) >= 11 is 3.76. The van der Waals surface area contributed by atoms with E-state index in [1.807, 2.05) is 11.8 Å². The van der Waals surface area contributed by atoms with Crippen molar-refractivity contribution in [3.05, 3.63) is 0 Å². The molecule has 2 heteroatoms. The number of rotatable bonds is 3. The average Bonchev–Trinajstić information content (AvgIpc) is 2.53. The van der Waals surface area contributed by atoms with Gasteiger partial charge in [-0.05, 0) is 47.5 Å². The second kappa shape index (κ2) is 3.93. The lowest BCUT2D eigenvalue weighted by atomic mass is 9.70. The van der Waals surface area contributed by atoms with E-state index in [-0.39, 0.29) is 0 Å². The number of hydrogen-bond acceptors (Lipinski definition) is 2. The fourth-order valence-electron chi connectivity index (χ4n) is 3.85. The predicted molar refractivity (Wildman–Crippen MR) is 72.1 cm³/mol. The van der Waals surface area contributed by atoms with E-state index in [4.69, 9.17) is 6.42 Å². The molecular weight excluding hydrogens is 220 g/mol. The lowest BCUT2D eigenvalue weighted by Crippen LogP contribution is -2.39. The molecular formula is C13H20S2. The van der Waals surface area contributed by atoms with Crippen molar-refractivity contribution >= 4 is 23.5 Å². The van der Waals surface area contributed by atoms with E-state index in [9.17, 15) is 0 Å². The highest BCUT2D eigenvalue weighted by Crippen LogP contribution is 2.69. The van der Waals surface area contributed by atoms with Crippen molar-refractivity contribution in [1.82, 2.24) is 0 Å². The molecule has 2 saturated carbocycles. The monoisotopic (exact) mass is 240 g/mol. The Morgan fingerprint density at radius 1 is 1.47 bits per heavy atom. The van der Waals surface area contributed by atoms with Crippen LogP contribution in [0.3, 0.4) is 0 Å². The van der Waals surface area contributed by atoms with Gasteiger partial charge in [-0.25, -0.2) is 0 Å². The SMILES string of the molecule is C#CS[C@@H]1C[C@@H]2CC[C@@]1(CSC)C2(C)C. The molecule has 0 nitrogen and oxygen atoms in total. The Labute approximate surface area is 102 Å². The van der Waals surface area contributed by atoms with Gasteiger partial charge in [0.05, 0.1) is 0 Å². The molecule has 0 aromatic heterocycles. The van der Waals surface area contributed by atoms with E-state index >= 15 is 0 Å². The fraction of sp³-hybridized carbons (Fsp3) is 0.846. The van der Waals surface area contributed by atoms with Gasteiger partial charge in [0.2, 0.25) is 0 Å². The predicted octanol–water partition coefficient (Wildman–Crippen LogP) is 3.87. The Hall–Kier alpha value is 0.260. The topological polar surface area (TPSA) is 0 Å². The Balaban J connectivity index is 2.30. The maximum Gasteiger partial charge on any atom is 0.0243 e. The van der Waals surface area contributed by atoms with Crippen molar-refractivity contribution in [1.29, 1.82) is 0 Å². The summed E-state index contributed by atoms with van der Waals surface area (Å²) in [5.74, 6) is 2.20. The van der Waals surface area contributed by atoms with Gasteiger partial charge in [0, 0.05) is 11.0 Å². The fourth-order valence-corrected chi connectivity index (χ4v) is 6.41. The van der Waals surface area contributed by atoms with Gasteiger partial charge >= 0.3 is 0 Å². The van der Waals surface area contributed by atoms with E-state index in [0.29, 0.717) is 16.1 Å². The molecule has 2 fully saturated rings. The number of fused-ring (bicyclic) bond motifs is 2. The summed E-state index contributed by atoms with van der Waals surface area (Å²) in [5.41, 5.74) is 1.01. The standard InChI is InChI=1S/C13H20S2/c1-5-15-11-8-10-6-7-13(11,9-14-4)12(10,2)3/h1,10-11H,6-9H2,2-4H3/t10-,11+,13-/m0/s1. The summed E-state index contributed by atoms with van der Waals surface area (Å²) in [4.78, 5) is 0. The van der Waals surface area contributed by atoms with Crippen molar-refractivity contribution in [2.24, 2.45) is 16.7 Å². The lowest BCUT2D eigenvalue weighted by molar-refractivity contribution is 0.162.